The van der Waals surface area contributed by atoms with Gasteiger partial charge in [0.25, 0.3) is 0 Å². The van der Waals surface area contributed by atoms with Crippen LogP contribution in [0.2, 0.25) is 0 Å². The van der Waals surface area contributed by atoms with Crippen molar-refractivity contribution in [2.75, 3.05) is 6.61 Å². The van der Waals surface area contributed by atoms with Gasteiger partial charge in [0, 0.05) is 6.07 Å². The fraction of sp³-hybridized carbons (Fsp3) is 0.444. The predicted molar refractivity (Wildman–Crippen MR) is 44.0 cm³/mol. The van der Waals surface area contributed by atoms with Gasteiger partial charge in [-0.05, 0) is 6.42 Å². The Morgan fingerprint density at radius 2 is 2.38 bits per heavy atom. The molecule has 71 valence electrons. The lowest BCUT2D eigenvalue weighted by molar-refractivity contribution is 0.0463. The Kier molecular flexibility index (Phi) is 3.37. The van der Waals surface area contributed by atoms with Crippen molar-refractivity contribution in [3.05, 3.63) is 18.1 Å². The number of unbranched alkanes of at least 4 members (excludes halogenated alkanes) is 1. The zero-order chi connectivity index (χ0) is 9.68. The molecule has 1 aromatic heterocycles. The maximum atomic E-state index is 11.1. The molecule has 0 N–H and O–H groups in total. The van der Waals surface area contributed by atoms with Crippen LogP contribution in [-0.2, 0) is 9.84 Å². The van der Waals surface area contributed by atoms with E-state index in [4.69, 9.17) is 4.74 Å². The van der Waals surface area contributed by atoms with Gasteiger partial charge in [-0.2, -0.15) is 0 Å². The Labute approximate surface area is 76.1 Å². The molecule has 0 atom stereocenters. The Balaban J connectivity index is 2.40. The first-order chi connectivity index (χ1) is 6.24. The SMILES string of the molecule is CCCCOC(=O)c1cc([O])co1. The van der Waals surface area contributed by atoms with Crippen molar-refractivity contribution in [1.29, 1.82) is 0 Å². The number of esters is 1. The molecule has 0 saturated carbocycles. The summed E-state index contributed by atoms with van der Waals surface area (Å²) >= 11 is 0. The van der Waals surface area contributed by atoms with Gasteiger partial charge in [0.15, 0.2) is 0 Å². The van der Waals surface area contributed by atoms with Crippen molar-refractivity contribution >= 4 is 5.97 Å². The topological polar surface area (TPSA) is 59.3 Å². The van der Waals surface area contributed by atoms with Crippen molar-refractivity contribution in [2.45, 2.75) is 19.8 Å². The number of hydrogen-bond acceptors (Lipinski definition) is 3. The molecule has 0 aliphatic rings. The van der Waals surface area contributed by atoms with Crippen LogP contribution in [-0.4, -0.2) is 12.6 Å². The summed E-state index contributed by atoms with van der Waals surface area (Å²) in [5, 5.41) is 10.6. The van der Waals surface area contributed by atoms with Gasteiger partial charge in [0.05, 0.1) is 6.61 Å². The number of furan rings is 1. The summed E-state index contributed by atoms with van der Waals surface area (Å²) in [6.45, 7) is 2.36. The van der Waals surface area contributed by atoms with Crippen LogP contribution in [0, 0.1) is 0 Å². The van der Waals surface area contributed by atoms with E-state index >= 15 is 0 Å². The van der Waals surface area contributed by atoms with E-state index in [0.717, 1.165) is 25.2 Å². The van der Waals surface area contributed by atoms with Gasteiger partial charge in [0.1, 0.15) is 6.26 Å². The molecular weight excluding hydrogens is 172 g/mol. The third-order valence-corrected chi connectivity index (χ3v) is 1.51. The molecule has 0 spiro atoms. The van der Waals surface area contributed by atoms with Gasteiger partial charge < -0.3 is 9.15 Å². The minimum Gasteiger partial charge on any atom is -0.460 e. The van der Waals surface area contributed by atoms with E-state index in [1.807, 2.05) is 6.92 Å². The summed E-state index contributed by atoms with van der Waals surface area (Å²) < 4.78 is 9.48. The zero-order valence-electron chi connectivity index (χ0n) is 7.41. The highest BCUT2D eigenvalue weighted by atomic mass is 16.5. The van der Waals surface area contributed by atoms with Gasteiger partial charge >= 0.3 is 5.97 Å². The second kappa shape index (κ2) is 4.54. The summed E-state index contributed by atoms with van der Waals surface area (Å²) in [7, 11) is 0. The Hall–Kier alpha value is -1.45. The Morgan fingerprint density at radius 3 is 2.92 bits per heavy atom. The van der Waals surface area contributed by atoms with E-state index in [1.165, 1.54) is 0 Å². The average molecular weight is 183 g/mol. The van der Waals surface area contributed by atoms with E-state index in [2.05, 4.69) is 4.42 Å². The monoisotopic (exact) mass is 183 g/mol. The molecule has 1 rings (SSSR count). The molecule has 0 saturated heterocycles. The number of rotatable bonds is 4. The molecule has 1 aromatic rings. The average Bonchev–Trinajstić information content (AvgIpc) is 2.52. The van der Waals surface area contributed by atoms with E-state index in [1.54, 1.807) is 0 Å². The first kappa shape index (κ1) is 9.64. The molecule has 0 fully saturated rings. The summed E-state index contributed by atoms with van der Waals surface area (Å²) in [4.78, 5) is 11.1. The normalized spacial score (nSPS) is 9.92. The largest absolute Gasteiger partial charge is 0.460 e. The minimum absolute atomic E-state index is 0.0268. The molecule has 0 aliphatic carbocycles. The van der Waals surface area contributed by atoms with Crippen LogP contribution in [0.25, 0.3) is 0 Å². The predicted octanol–water partition coefficient (Wildman–Crippen LogP) is 2.38. The van der Waals surface area contributed by atoms with Crippen LogP contribution in [0.5, 0.6) is 5.75 Å². The fourth-order valence-electron chi connectivity index (χ4n) is 0.806. The molecule has 1 heterocycles. The van der Waals surface area contributed by atoms with Gasteiger partial charge in [-0.15, -0.1) is 0 Å². The maximum absolute atomic E-state index is 11.1. The molecule has 0 unspecified atom stereocenters. The van der Waals surface area contributed by atoms with Crippen molar-refractivity contribution in [3.8, 4) is 5.75 Å². The molecule has 13 heavy (non-hydrogen) atoms. The van der Waals surface area contributed by atoms with Crippen molar-refractivity contribution in [1.82, 2.24) is 0 Å². The second-order valence-corrected chi connectivity index (χ2v) is 2.64. The van der Waals surface area contributed by atoms with Gasteiger partial charge in [-0.25, -0.2) is 4.79 Å². The smallest absolute Gasteiger partial charge is 0.374 e. The standard InChI is InChI=1S/C9H11O4/c1-2-3-4-12-9(11)8-5-7(10)6-13-8/h5-6H,2-4H2,1H3. The van der Waals surface area contributed by atoms with Crippen LogP contribution in [0.3, 0.4) is 0 Å². The number of ether oxygens (including phenoxy) is 1. The molecule has 0 aromatic carbocycles. The molecule has 4 heteroatoms. The highest BCUT2D eigenvalue weighted by molar-refractivity contribution is 5.86. The molecule has 0 amide bonds. The quantitative estimate of drug-likeness (QED) is 0.531. The fourth-order valence-corrected chi connectivity index (χ4v) is 0.806. The summed E-state index contributed by atoms with van der Waals surface area (Å²) in [6, 6.07) is 1.12. The van der Waals surface area contributed by atoms with Crippen molar-refractivity contribution in [3.63, 3.8) is 0 Å². The van der Waals surface area contributed by atoms with Crippen LogP contribution >= 0.6 is 0 Å². The number of carbonyl (C=O) groups is 1. The molecular formula is C9H11O4. The van der Waals surface area contributed by atoms with E-state index in [9.17, 15) is 9.90 Å². The van der Waals surface area contributed by atoms with E-state index in [-0.39, 0.29) is 11.5 Å². The second-order valence-electron chi connectivity index (χ2n) is 2.64. The lowest BCUT2D eigenvalue weighted by Crippen LogP contribution is -2.04. The van der Waals surface area contributed by atoms with Crippen LogP contribution in [0.1, 0.15) is 30.3 Å². The minimum atomic E-state index is -0.574. The summed E-state index contributed by atoms with van der Waals surface area (Å²) in [5.41, 5.74) is 0. The van der Waals surface area contributed by atoms with Crippen LogP contribution < -0.4 is 0 Å². The number of carbonyl (C=O) groups excluding carboxylic acids is 1. The first-order valence-electron chi connectivity index (χ1n) is 4.16. The lowest BCUT2D eigenvalue weighted by atomic mass is 10.4. The zero-order valence-corrected chi connectivity index (χ0v) is 7.41. The molecule has 0 bridgehead atoms. The van der Waals surface area contributed by atoms with Crippen molar-refractivity contribution < 1.29 is 19.1 Å². The van der Waals surface area contributed by atoms with Crippen LogP contribution in [0.4, 0.5) is 0 Å². The molecule has 4 nitrogen and oxygen atoms in total. The Morgan fingerprint density at radius 1 is 1.62 bits per heavy atom. The van der Waals surface area contributed by atoms with Gasteiger partial charge in [-0.3, -0.25) is 5.11 Å². The molecule has 0 aliphatic heterocycles. The lowest BCUT2D eigenvalue weighted by Gasteiger charge is -1.99. The van der Waals surface area contributed by atoms with Crippen molar-refractivity contribution in [2.24, 2.45) is 0 Å². The number of hydrogen-bond donors (Lipinski definition) is 0. The van der Waals surface area contributed by atoms with Gasteiger partial charge in [-0.1, -0.05) is 13.3 Å². The third kappa shape index (κ3) is 2.82. The summed E-state index contributed by atoms with van der Waals surface area (Å²) in [5.74, 6) is -0.918. The van der Waals surface area contributed by atoms with Crippen LogP contribution in [0.15, 0.2) is 16.7 Å². The van der Waals surface area contributed by atoms with E-state index in [0.29, 0.717) is 6.61 Å². The van der Waals surface area contributed by atoms with Gasteiger partial charge in [0.2, 0.25) is 11.5 Å². The van der Waals surface area contributed by atoms with E-state index < -0.39 is 5.97 Å². The first-order valence-corrected chi connectivity index (χ1v) is 4.16. The molecule has 1 radical (unpaired) electrons. The summed E-state index contributed by atoms with van der Waals surface area (Å²) in [6.07, 6.45) is 2.76. The highest BCUT2D eigenvalue weighted by Crippen LogP contribution is 2.15. The third-order valence-electron chi connectivity index (χ3n) is 1.51. The highest BCUT2D eigenvalue weighted by Gasteiger charge is 2.12. The Bertz CT molecular complexity index is 277. The maximum Gasteiger partial charge on any atom is 0.374 e.